The highest BCUT2D eigenvalue weighted by Gasteiger charge is 2.32. The van der Waals surface area contributed by atoms with Crippen LogP contribution in [0.5, 0.6) is 0 Å². The van der Waals surface area contributed by atoms with Crippen LogP contribution in [0.3, 0.4) is 0 Å². The Hall–Kier alpha value is -2.30. The fourth-order valence-corrected chi connectivity index (χ4v) is 5.08. The van der Waals surface area contributed by atoms with Gasteiger partial charge in [-0.1, -0.05) is 18.2 Å². The van der Waals surface area contributed by atoms with E-state index in [-0.39, 0.29) is 29.4 Å². The molecule has 1 aliphatic heterocycles. The minimum Gasteiger partial charge on any atom is -0.336 e. The largest absolute Gasteiger partial charge is 0.336 e. The van der Waals surface area contributed by atoms with E-state index in [4.69, 9.17) is 0 Å². The molecule has 140 valence electrons. The molecule has 0 radical (unpaired) electrons. The standard InChI is InChI=1S/C17H15BrN4O4S/c18-13-5-2-1-4-12(13)17(23)21-8-10-22(11-9-21)27(24,25)15-7-3-6-14-16(15)20-26-19-14/h1-7H,8-11H2. The van der Waals surface area contributed by atoms with Crippen molar-refractivity contribution in [2.75, 3.05) is 26.2 Å². The number of fused-ring (bicyclic) bond motifs is 1. The van der Waals surface area contributed by atoms with E-state index in [2.05, 4.69) is 30.9 Å². The molecule has 0 bridgehead atoms. The van der Waals surface area contributed by atoms with Gasteiger partial charge in [-0.25, -0.2) is 13.0 Å². The van der Waals surface area contributed by atoms with Crippen LogP contribution in [0.1, 0.15) is 10.4 Å². The summed E-state index contributed by atoms with van der Waals surface area (Å²) in [5.74, 6) is -0.123. The molecule has 2 aromatic carbocycles. The van der Waals surface area contributed by atoms with Gasteiger partial charge in [-0.3, -0.25) is 4.79 Å². The highest BCUT2D eigenvalue weighted by atomic mass is 79.9. The molecule has 1 fully saturated rings. The summed E-state index contributed by atoms with van der Waals surface area (Å²) in [6, 6.07) is 11.9. The molecule has 4 rings (SSSR count). The highest BCUT2D eigenvalue weighted by Crippen LogP contribution is 2.25. The number of piperazine rings is 1. The van der Waals surface area contributed by atoms with Crippen molar-refractivity contribution in [1.82, 2.24) is 19.5 Å². The summed E-state index contributed by atoms with van der Waals surface area (Å²) in [5, 5.41) is 7.40. The summed E-state index contributed by atoms with van der Waals surface area (Å²) in [6.07, 6.45) is 0. The molecule has 1 aromatic heterocycles. The molecule has 3 aromatic rings. The number of rotatable bonds is 3. The lowest BCUT2D eigenvalue weighted by Gasteiger charge is -2.34. The predicted molar refractivity (Wildman–Crippen MR) is 101 cm³/mol. The van der Waals surface area contributed by atoms with Crippen LogP contribution in [0.15, 0.2) is 56.5 Å². The lowest BCUT2D eigenvalue weighted by atomic mass is 10.2. The maximum atomic E-state index is 13.0. The van der Waals surface area contributed by atoms with E-state index in [1.807, 2.05) is 6.07 Å². The lowest BCUT2D eigenvalue weighted by Crippen LogP contribution is -2.50. The number of benzene rings is 2. The highest BCUT2D eigenvalue weighted by molar-refractivity contribution is 9.10. The SMILES string of the molecule is O=C(c1ccccc1Br)N1CCN(S(=O)(=O)c2cccc3nonc23)CC1. The molecule has 1 saturated heterocycles. The van der Waals surface area contributed by atoms with Crippen molar-refractivity contribution in [3.63, 3.8) is 0 Å². The zero-order valence-electron chi connectivity index (χ0n) is 14.1. The first-order valence-electron chi connectivity index (χ1n) is 8.24. The Labute approximate surface area is 163 Å². The van der Waals surface area contributed by atoms with E-state index in [1.54, 1.807) is 35.2 Å². The van der Waals surface area contributed by atoms with E-state index >= 15 is 0 Å². The fourth-order valence-electron chi connectivity index (χ4n) is 3.07. The minimum atomic E-state index is -3.76. The molecule has 0 aliphatic carbocycles. The summed E-state index contributed by atoms with van der Waals surface area (Å²) in [7, 11) is -3.76. The summed E-state index contributed by atoms with van der Waals surface area (Å²) in [4.78, 5) is 14.4. The minimum absolute atomic E-state index is 0.0619. The van der Waals surface area contributed by atoms with Gasteiger partial charge in [0.1, 0.15) is 10.4 Å². The summed E-state index contributed by atoms with van der Waals surface area (Å²) in [5.41, 5.74) is 1.16. The first kappa shape index (κ1) is 18.1. The van der Waals surface area contributed by atoms with E-state index in [1.165, 1.54) is 10.4 Å². The van der Waals surface area contributed by atoms with Gasteiger partial charge in [0.25, 0.3) is 5.91 Å². The van der Waals surface area contributed by atoms with Crippen LogP contribution in [0, 0.1) is 0 Å². The molecule has 0 spiro atoms. The Bertz CT molecular complexity index is 1110. The number of carbonyl (C=O) groups excluding carboxylic acids is 1. The normalized spacial score (nSPS) is 16.0. The summed E-state index contributed by atoms with van der Waals surface area (Å²) in [6.45, 7) is 1.04. The number of nitrogens with zero attached hydrogens (tertiary/aromatic N) is 4. The van der Waals surface area contributed by atoms with E-state index < -0.39 is 10.0 Å². The number of hydrogen-bond donors (Lipinski definition) is 0. The Morgan fingerprint density at radius 3 is 2.48 bits per heavy atom. The monoisotopic (exact) mass is 450 g/mol. The second-order valence-electron chi connectivity index (χ2n) is 6.06. The number of hydrogen-bond acceptors (Lipinski definition) is 6. The Balaban J connectivity index is 1.53. The lowest BCUT2D eigenvalue weighted by molar-refractivity contribution is 0.0697. The number of carbonyl (C=O) groups is 1. The van der Waals surface area contributed by atoms with E-state index in [0.717, 1.165) is 4.47 Å². The van der Waals surface area contributed by atoms with Gasteiger partial charge in [0.2, 0.25) is 10.0 Å². The average Bonchev–Trinajstić information content (AvgIpc) is 3.16. The van der Waals surface area contributed by atoms with Gasteiger partial charge in [0.15, 0.2) is 5.52 Å². The van der Waals surface area contributed by atoms with Crippen LogP contribution in [0.4, 0.5) is 0 Å². The van der Waals surface area contributed by atoms with Crippen molar-refractivity contribution in [3.05, 3.63) is 52.5 Å². The number of aromatic nitrogens is 2. The topological polar surface area (TPSA) is 96.6 Å². The third-order valence-electron chi connectivity index (χ3n) is 4.50. The Morgan fingerprint density at radius 2 is 1.74 bits per heavy atom. The molecular formula is C17H15BrN4O4S. The van der Waals surface area contributed by atoms with Gasteiger partial charge in [-0.05, 0) is 50.5 Å². The van der Waals surface area contributed by atoms with Crippen molar-refractivity contribution in [1.29, 1.82) is 0 Å². The summed E-state index contributed by atoms with van der Waals surface area (Å²) >= 11 is 3.38. The quantitative estimate of drug-likeness (QED) is 0.606. The molecule has 0 unspecified atom stereocenters. The van der Waals surface area contributed by atoms with Crippen LogP contribution in [-0.2, 0) is 10.0 Å². The van der Waals surface area contributed by atoms with Crippen LogP contribution >= 0.6 is 15.9 Å². The van der Waals surface area contributed by atoms with Crippen molar-refractivity contribution in [2.24, 2.45) is 0 Å². The number of halogens is 1. The predicted octanol–water partition coefficient (Wildman–Crippen LogP) is 2.13. The molecule has 10 heteroatoms. The van der Waals surface area contributed by atoms with Crippen molar-refractivity contribution < 1.29 is 17.8 Å². The second kappa shape index (κ2) is 7.02. The first-order chi connectivity index (χ1) is 13.0. The molecule has 1 aliphatic rings. The molecule has 0 N–H and O–H groups in total. The van der Waals surface area contributed by atoms with Crippen LogP contribution in [-0.4, -0.2) is 60.0 Å². The Morgan fingerprint density at radius 1 is 1.00 bits per heavy atom. The van der Waals surface area contributed by atoms with Crippen molar-refractivity contribution in [2.45, 2.75) is 4.90 Å². The maximum Gasteiger partial charge on any atom is 0.255 e. The number of amides is 1. The van der Waals surface area contributed by atoms with Crippen LogP contribution < -0.4 is 0 Å². The average molecular weight is 451 g/mol. The van der Waals surface area contributed by atoms with E-state index in [0.29, 0.717) is 24.2 Å². The van der Waals surface area contributed by atoms with Crippen molar-refractivity contribution in [3.8, 4) is 0 Å². The molecular weight excluding hydrogens is 436 g/mol. The van der Waals surface area contributed by atoms with Gasteiger partial charge in [-0.15, -0.1) is 0 Å². The fraction of sp³-hybridized carbons (Fsp3) is 0.235. The Kier molecular flexibility index (Phi) is 4.70. The maximum absolute atomic E-state index is 13.0. The third-order valence-corrected chi connectivity index (χ3v) is 7.12. The molecule has 2 heterocycles. The van der Waals surface area contributed by atoms with Gasteiger partial charge in [-0.2, -0.15) is 4.31 Å². The molecule has 0 saturated carbocycles. The smallest absolute Gasteiger partial charge is 0.255 e. The van der Waals surface area contributed by atoms with Crippen molar-refractivity contribution >= 4 is 42.9 Å². The number of sulfonamides is 1. The first-order valence-corrected chi connectivity index (χ1v) is 10.5. The molecule has 1 amide bonds. The van der Waals surface area contributed by atoms with Gasteiger partial charge in [0, 0.05) is 30.7 Å². The van der Waals surface area contributed by atoms with Gasteiger partial charge < -0.3 is 4.90 Å². The van der Waals surface area contributed by atoms with E-state index in [9.17, 15) is 13.2 Å². The third kappa shape index (κ3) is 3.24. The molecule has 8 nitrogen and oxygen atoms in total. The van der Waals surface area contributed by atoms with Crippen LogP contribution in [0.25, 0.3) is 11.0 Å². The van der Waals surface area contributed by atoms with Gasteiger partial charge in [0.05, 0.1) is 5.56 Å². The van der Waals surface area contributed by atoms with Crippen LogP contribution in [0.2, 0.25) is 0 Å². The second-order valence-corrected chi connectivity index (χ2v) is 8.82. The zero-order chi connectivity index (χ0) is 19.0. The van der Waals surface area contributed by atoms with Gasteiger partial charge >= 0.3 is 0 Å². The summed E-state index contributed by atoms with van der Waals surface area (Å²) < 4.78 is 32.7. The molecule has 0 atom stereocenters. The zero-order valence-corrected chi connectivity index (χ0v) is 16.5. The molecule has 27 heavy (non-hydrogen) atoms.